The van der Waals surface area contributed by atoms with Crippen LogP contribution in [-0.4, -0.2) is 45.5 Å². The summed E-state index contributed by atoms with van der Waals surface area (Å²) in [4.78, 5) is 41.3. The minimum Gasteiger partial charge on any atom is -0.493 e. The summed E-state index contributed by atoms with van der Waals surface area (Å²) < 4.78 is 32.9. The minimum absolute atomic E-state index is 0.100. The van der Waals surface area contributed by atoms with Gasteiger partial charge in [0.2, 0.25) is 11.3 Å². The standard InChI is InChI=1S/C32H28FN5O7/c1-19-18-38(25-7-4-3-6-23(25)33)36-30(31(19)40)32(41)35-20-9-11-21(12-10-20)45-26-13-14-34-24-17-28(27(43-2)16-22(24)26)44-15-5-8-29(39)37-42/h3-4,6-7,9-14,16-18,42H,5,8,15H2,1-2H3,(H,35,41)(H,37,39). The molecule has 0 bridgehead atoms. The quantitative estimate of drug-likeness (QED) is 0.107. The predicted octanol–water partition coefficient (Wildman–Crippen LogP) is 4.95. The molecule has 0 aliphatic heterocycles. The first-order chi connectivity index (χ1) is 21.8. The highest BCUT2D eigenvalue weighted by Gasteiger charge is 2.18. The Morgan fingerprint density at radius 2 is 1.80 bits per heavy atom. The van der Waals surface area contributed by atoms with E-state index in [1.54, 1.807) is 60.2 Å². The third-order valence-electron chi connectivity index (χ3n) is 6.67. The second-order valence-corrected chi connectivity index (χ2v) is 9.78. The van der Waals surface area contributed by atoms with E-state index in [-0.39, 0.29) is 30.0 Å². The fourth-order valence-corrected chi connectivity index (χ4v) is 4.40. The van der Waals surface area contributed by atoms with Crippen molar-refractivity contribution in [2.75, 3.05) is 19.0 Å². The second-order valence-electron chi connectivity index (χ2n) is 9.78. The monoisotopic (exact) mass is 613 g/mol. The summed E-state index contributed by atoms with van der Waals surface area (Å²) in [7, 11) is 1.50. The van der Waals surface area contributed by atoms with Gasteiger partial charge in [-0.3, -0.25) is 24.6 Å². The van der Waals surface area contributed by atoms with Crippen molar-refractivity contribution in [3.05, 3.63) is 106 Å². The van der Waals surface area contributed by atoms with Crippen LogP contribution in [0.25, 0.3) is 16.6 Å². The summed E-state index contributed by atoms with van der Waals surface area (Å²) in [5.41, 5.74) is 1.92. The molecule has 0 spiro atoms. The number of nitrogens with zero attached hydrogens (tertiary/aromatic N) is 3. The van der Waals surface area contributed by atoms with E-state index in [1.807, 2.05) is 0 Å². The molecule has 0 aliphatic carbocycles. The van der Waals surface area contributed by atoms with Gasteiger partial charge in [0.15, 0.2) is 17.2 Å². The molecule has 3 aromatic carbocycles. The Hall–Kier alpha value is -5.82. The highest BCUT2D eigenvalue weighted by Crippen LogP contribution is 2.37. The molecule has 0 saturated heterocycles. The van der Waals surface area contributed by atoms with Gasteiger partial charge in [-0.05, 0) is 61.9 Å². The topological polar surface area (TPSA) is 154 Å². The molecular weight excluding hydrogens is 585 g/mol. The van der Waals surface area contributed by atoms with Crippen LogP contribution in [0.5, 0.6) is 23.0 Å². The first kappa shape index (κ1) is 30.6. The molecule has 0 aliphatic rings. The fraction of sp³-hybridized carbons (Fsp3) is 0.156. The summed E-state index contributed by atoms with van der Waals surface area (Å²) in [5.74, 6) is 0.0101. The normalized spacial score (nSPS) is 10.8. The van der Waals surface area contributed by atoms with Gasteiger partial charge in [-0.15, -0.1) is 0 Å². The van der Waals surface area contributed by atoms with Gasteiger partial charge < -0.3 is 19.5 Å². The highest BCUT2D eigenvalue weighted by molar-refractivity contribution is 6.02. The fourth-order valence-electron chi connectivity index (χ4n) is 4.40. The number of rotatable bonds is 11. The van der Waals surface area contributed by atoms with Crippen LogP contribution in [0.4, 0.5) is 10.1 Å². The van der Waals surface area contributed by atoms with Crippen LogP contribution in [-0.2, 0) is 4.79 Å². The van der Waals surface area contributed by atoms with E-state index in [0.717, 1.165) is 0 Å². The lowest BCUT2D eigenvalue weighted by atomic mass is 10.1. The van der Waals surface area contributed by atoms with Crippen LogP contribution in [0.1, 0.15) is 28.9 Å². The van der Waals surface area contributed by atoms with Gasteiger partial charge in [0.05, 0.1) is 19.2 Å². The van der Waals surface area contributed by atoms with Gasteiger partial charge in [0, 0.05) is 41.5 Å². The first-order valence-corrected chi connectivity index (χ1v) is 13.7. The van der Waals surface area contributed by atoms with Gasteiger partial charge >= 0.3 is 0 Å². The van der Waals surface area contributed by atoms with Gasteiger partial charge in [-0.25, -0.2) is 14.6 Å². The number of aromatic nitrogens is 3. The third kappa shape index (κ3) is 7.05. The lowest BCUT2D eigenvalue weighted by Crippen LogP contribution is -2.27. The maximum absolute atomic E-state index is 14.3. The van der Waals surface area contributed by atoms with E-state index in [2.05, 4.69) is 15.4 Å². The summed E-state index contributed by atoms with van der Waals surface area (Å²) >= 11 is 0. The molecule has 0 unspecified atom stereocenters. The van der Waals surface area contributed by atoms with Crippen LogP contribution in [0.3, 0.4) is 0 Å². The number of hydrogen-bond acceptors (Lipinski definition) is 9. The Bertz CT molecular complexity index is 1930. The SMILES string of the molecule is COc1cc2c(Oc3ccc(NC(=O)c4nn(-c5ccccc5F)cc(C)c4=O)cc3)ccnc2cc1OCCCC(=O)NO. The molecule has 5 aromatic rings. The number of hydroxylamine groups is 1. The number of carbonyl (C=O) groups excluding carboxylic acids is 2. The largest absolute Gasteiger partial charge is 0.493 e. The maximum Gasteiger partial charge on any atom is 0.280 e. The number of ether oxygens (including phenoxy) is 3. The molecule has 5 rings (SSSR count). The zero-order valence-corrected chi connectivity index (χ0v) is 24.2. The number of para-hydroxylation sites is 1. The Morgan fingerprint density at radius 3 is 2.53 bits per heavy atom. The number of amides is 2. The van der Waals surface area contributed by atoms with E-state index >= 15 is 0 Å². The zero-order chi connectivity index (χ0) is 31.9. The van der Waals surface area contributed by atoms with Crippen LogP contribution >= 0.6 is 0 Å². The van der Waals surface area contributed by atoms with Crippen molar-refractivity contribution >= 4 is 28.4 Å². The molecule has 12 nitrogen and oxygen atoms in total. The number of nitrogens with one attached hydrogen (secondary N) is 2. The van der Waals surface area contributed by atoms with Gasteiger partial charge in [-0.2, -0.15) is 5.10 Å². The van der Waals surface area contributed by atoms with Gasteiger partial charge in [-0.1, -0.05) is 12.1 Å². The van der Waals surface area contributed by atoms with Crippen molar-refractivity contribution < 1.29 is 33.4 Å². The number of fused-ring (bicyclic) bond motifs is 1. The summed E-state index contributed by atoms with van der Waals surface area (Å²) in [6.07, 6.45) is 3.44. The number of pyridine rings is 1. The van der Waals surface area contributed by atoms with Crippen molar-refractivity contribution in [2.24, 2.45) is 0 Å². The summed E-state index contributed by atoms with van der Waals surface area (Å²) in [5, 5.41) is 16.0. The van der Waals surface area contributed by atoms with E-state index in [1.165, 1.54) is 43.1 Å². The van der Waals surface area contributed by atoms with Crippen molar-refractivity contribution in [3.63, 3.8) is 0 Å². The van der Waals surface area contributed by atoms with Crippen LogP contribution in [0.2, 0.25) is 0 Å². The zero-order valence-electron chi connectivity index (χ0n) is 24.2. The second kappa shape index (κ2) is 13.7. The Morgan fingerprint density at radius 1 is 1.02 bits per heavy atom. The number of benzene rings is 3. The van der Waals surface area contributed by atoms with Crippen molar-refractivity contribution in [1.82, 2.24) is 20.2 Å². The molecule has 230 valence electrons. The maximum atomic E-state index is 14.3. The Labute approximate surface area is 256 Å². The van der Waals surface area contributed by atoms with Crippen molar-refractivity contribution in [3.8, 4) is 28.7 Å². The lowest BCUT2D eigenvalue weighted by molar-refractivity contribution is -0.129. The molecule has 45 heavy (non-hydrogen) atoms. The third-order valence-corrected chi connectivity index (χ3v) is 6.67. The molecule has 2 amide bonds. The van der Waals surface area contributed by atoms with E-state index in [4.69, 9.17) is 19.4 Å². The lowest BCUT2D eigenvalue weighted by Gasteiger charge is -2.14. The molecule has 3 N–H and O–H groups in total. The number of anilines is 1. The minimum atomic E-state index is -0.746. The first-order valence-electron chi connectivity index (χ1n) is 13.7. The number of hydrogen-bond donors (Lipinski definition) is 3. The average molecular weight is 614 g/mol. The number of carbonyl (C=O) groups is 2. The van der Waals surface area contributed by atoms with Crippen molar-refractivity contribution in [2.45, 2.75) is 19.8 Å². The molecule has 0 fully saturated rings. The summed E-state index contributed by atoms with van der Waals surface area (Å²) in [6, 6.07) is 17.5. The van der Waals surface area contributed by atoms with E-state index < -0.39 is 23.1 Å². The van der Waals surface area contributed by atoms with E-state index in [0.29, 0.717) is 46.0 Å². The molecular formula is C32H28FN5O7. The number of halogens is 1. The predicted molar refractivity (Wildman–Crippen MR) is 162 cm³/mol. The molecule has 2 aromatic heterocycles. The molecule has 0 radical (unpaired) electrons. The van der Waals surface area contributed by atoms with Gasteiger partial charge in [0.25, 0.3) is 5.91 Å². The molecule has 0 atom stereocenters. The Balaban J connectivity index is 1.31. The Kier molecular flexibility index (Phi) is 9.29. The molecule has 13 heteroatoms. The average Bonchev–Trinajstić information content (AvgIpc) is 3.05. The van der Waals surface area contributed by atoms with Gasteiger partial charge in [0.1, 0.15) is 23.0 Å². The van der Waals surface area contributed by atoms with Crippen molar-refractivity contribution in [1.29, 1.82) is 0 Å². The highest BCUT2D eigenvalue weighted by atomic mass is 19.1. The smallest absolute Gasteiger partial charge is 0.280 e. The number of aryl methyl sites for hydroxylation is 1. The number of methoxy groups -OCH3 is 1. The van der Waals surface area contributed by atoms with Crippen LogP contribution in [0.15, 0.2) is 83.9 Å². The van der Waals surface area contributed by atoms with Crippen LogP contribution < -0.4 is 30.4 Å². The summed E-state index contributed by atoms with van der Waals surface area (Å²) in [6.45, 7) is 1.74. The molecule has 0 saturated carbocycles. The van der Waals surface area contributed by atoms with E-state index in [9.17, 15) is 18.8 Å². The van der Waals surface area contributed by atoms with Crippen LogP contribution in [0, 0.1) is 12.7 Å². The molecule has 2 heterocycles.